The van der Waals surface area contributed by atoms with Crippen LogP contribution in [0.5, 0.6) is 0 Å². The molecule has 1 atom stereocenters. The normalized spacial score (nSPS) is 27.0. The van der Waals surface area contributed by atoms with Gasteiger partial charge in [0, 0.05) is 31.5 Å². The van der Waals surface area contributed by atoms with Crippen molar-refractivity contribution in [1.29, 1.82) is 0 Å². The monoisotopic (exact) mass is 357 g/mol. The van der Waals surface area contributed by atoms with Gasteiger partial charge in [-0.2, -0.15) is 0 Å². The van der Waals surface area contributed by atoms with E-state index < -0.39 is 6.04 Å². The third-order valence-corrected chi connectivity index (χ3v) is 5.86. The molecule has 26 heavy (non-hydrogen) atoms. The summed E-state index contributed by atoms with van der Waals surface area (Å²) in [6.45, 7) is 1.60. The highest BCUT2D eigenvalue weighted by atomic mass is 16.2. The van der Waals surface area contributed by atoms with Crippen molar-refractivity contribution < 1.29 is 14.4 Å². The van der Waals surface area contributed by atoms with Gasteiger partial charge < -0.3 is 10.6 Å². The number of nitrogens with zero attached hydrogens (tertiary/aromatic N) is 4. The molecule has 3 heterocycles. The Morgan fingerprint density at radius 3 is 2.08 bits per heavy atom. The Balaban J connectivity index is 1.39. The van der Waals surface area contributed by atoms with Crippen LogP contribution in [0.3, 0.4) is 0 Å². The van der Waals surface area contributed by atoms with Crippen molar-refractivity contribution in [2.45, 2.75) is 50.6 Å². The fraction of sp³-hybridized carbons (Fsp3) is 0.611. The predicted molar refractivity (Wildman–Crippen MR) is 92.1 cm³/mol. The quantitative estimate of drug-likeness (QED) is 0.793. The van der Waals surface area contributed by atoms with Crippen LogP contribution < -0.4 is 5.73 Å². The minimum absolute atomic E-state index is 0.0417. The third kappa shape index (κ3) is 2.78. The summed E-state index contributed by atoms with van der Waals surface area (Å²) in [6, 6.07) is -0.657. The van der Waals surface area contributed by atoms with Crippen LogP contribution >= 0.6 is 0 Å². The lowest BCUT2D eigenvalue weighted by Gasteiger charge is -2.36. The van der Waals surface area contributed by atoms with Crippen LogP contribution in [-0.4, -0.2) is 62.7 Å². The van der Waals surface area contributed by atoms with Crippen molar-refractivity contribution in [3.8, 4) is 0 Å². The summed E-state index contributed by atoms with van der Waals surface area (Å²) >= 11 is 0. The number of fused-ring (bicyclic) bond motifs is 1. The molecule has 0 bridgehead atoms. The summed E-state index contributed by atoms with van der Waals surface area (Å²) in [6.07, 6.45) is 7.74. The van der Waals surface area contributed by atoms with Crippen molar-refractivity contribution in [1.82, 2.24) is 19.8 Å². The maximum Gasteiger partial charge on any atom is 0.282 e. The van der Waals surface area contributed by atoms with E-state index in [9.17, 15) is 14.4 Å². The second-order valence-electron chi connectivity index (χ2n) is 7.36. The first-order valence-electron chi connectivity index (χ1n) is 9.31. The number of nitrogens with two attached hydrogens (primary N) is 1. The molecular weight excluding hydrogens is 334 g/mol. The zero-order chi connectivity index (χ0) is 18.3. The Bertz CT molecular complexity index is 703. The SMILES string of the molecule is NC(C(=O)N1CCCC1)C1CCC(N2C(=O)c3nccnc3C2=O)CC1. The third-order valence-electron chi connectivity index (χ3n) is 5.86. The lowest BCUT2D eigenvalue weighted by atomic mass is 9.81. The Kier molecular flexibility index (Phi) is 4.44. The highest BCUT2D eigenvalue weighted by molar-refractivity contribution is 6.19. The van der Waals surface area contributed by atoms with Gasteiger partial charge in [-0.25, -0.2) is 9.97 Å². The largest absolute Gasteiger partial charge is 0.341 e. The van der Waals surface area contributed by atoms with E-state index in [1.54, 1.807) is 0 Å². The summed E-state index contributed by atoms with van der Waals surface area (Å²) in [4.78, 5) is 48.7. The summed E-state index contributed by atoms with van der Waals surface area (Å²) in [5, 5.41) is 0. The smallest absolute Gasteiger partial charge is 0.282 e. The van der Waals surface area contributed by atoms with Crippen molar-refractivity contribution in [3.63, 3.8) is 0 Å². The Morgan fingerprint density at radius 1 is 1.00 bits per heavy atom. The average Bonchev–Trinajstić information content (AvgIpc) is 3.29. The van der Waals surface area contributed by atoms with Gasteiger partial charge in [0.15, 0.2) is 11.4 Å². The highest BCUT2D eigenvalue weighted by Crippen LogP contribution is 2.33. The van der Waals surface area contributed by atoms with Crippen LogP contribution in [0.2, 0.25) is 0 Å². The van der Waals surface area contributed by atoms with Gasteiger partial charge in [0.1, 0.15) is 0 Å². The van der Waals surface area contributed by atoms with Gasteiger partial charge in [-0.05, 0) is 44.4 Å². The molecular formula is C18H23N5O3. The lowest BCUT2D eigenvalue weighted by molar-refractivity contribution is -0.133. The molecule has 138 valence electrons. The van der Waals surface area contributed by atoms with Gasteiger partial charge >= 0.3 is 0 Å². The predicted octanol–water partition coefficient (Wildman–Crippen LogP) is 0.581. The zero-order valence-electron chi connectivity index (χ0n) is 14.6. The van der Waals surface area contributed by atoms with Crippen LogP contribution in [0.15, 0.2) is 12.4 Å². The summed E-state index contributed by atoms with van der Waals surface area (Å²) < 4.78 is 0. The standard InChI is InChI=1S/C18H23N5O3/c19-13(16(24)22-9-1-2-10-22)11-3-5-12(6-4-11)23-17(25)14-15(18(23)26)21-8-7-20-14/h7-8,11-13H,1-6,9-10,19H2. The molecule has 0 aromatic carbocycles. The van der Waals surface area contributed by atoms with E-state index in [-0.39, 0.29) is 41.1 Å². The molecule has 1 saturated heterocycles. The number of aromatic nitrogens is 2. The minimum Gasteiger partial charge on any atom is -0.341 e. The Hall–Kier alpha value is -2.35. The summed E-state index contributed by atoms with van der Waals surface area (Å²) in [7, 11) is 0. The first-order chi connectivity index (χ1) is 12.6. The van der Waals surface area contributed by atoms with E-state index in [0.29, 0.717) is 12.8 Å². The fourth-order valence-corrected chi connectivity index (χ4v) is 4.37. The van der Waals surface area contributed by atoms with Crippen LogP contribution in [0.25, 0.3) is 0 Å². The van der Waals surface area contributed by atoms with Gasteiger partial charge in [0.25, 0.3) is 11.8 Å². The second kappa shape index (κ2) is 6.75. The maximum atomic E-state index is 12.5. The van der Waals surface area contributed by atoms with Crippen molar-refractivity contribution >= 4 is 17.7 Å². The van der Waals surface area contributed by atoms with Crippen molar-refractivity contribution in [3.05, 3.63) is 23.8 Å². The number of carbonyl (C=O) groups excluding carboxylic acids is 3. The summed E-state index contributed by atoms with van der Waals surface area (Å²) in [5.74, 6) is -0.580. The van der Waals surface area contributed by atoms with E-state index >= 15 is 0 Å². The molecule has 0 spiro atoms. The van der Waals surface area contributed by atoms with E-state index in [4.69, 9.17) is 5.73 Å². The van der Waals surface area contributed by atoms with Crippen molar-refractivity contribution in [2.24, 2.45) is 11.7 Å². The summed E-state index contributed by atoms with van der Waals surface area (Å²) in [5.41, 5.74) is 6.51. The molecule has 1 unspecified atom stereocenters. The molecule has 2 N–H and O–H groups in total. The molecule has 2 aliphatic heterocycles. The number of imide groups is 1. The number of carbonyl (C=O) groups is 3. The van der Waals surface area contributed by atoms with E-state index in [0.717, 1.165) is 38.8 Å². The van der Waals surface area contributed by atoms with E-state index in [1.807, 2.05) is 4.90 Å². The van der Waals surface area contributed by atoms with E-state index in [1.165, 1.54) is 17.3 Å². The van der Waals surface area contributed by atoms with Crippen molar-refractivity contribution in [2.75, 3.05) is 13.1 Å². The topological polar surface area (TPSA) is 109 Å². The zero-order valence-corrected chi connectivity index (χ0v) is 14.6. The first kappa shape index (κ1) is 17.1. The Labute approximate surface area is 151 Å². The fourth-order valence-electron chi connectivity index (χ4n) is 4.37. The maximum absolute atomic E-state index is 12.5. The number of likely N-dealkylation sites (tertiary alicyclic amines) is 1. The molecule has 1 aromatic heterocycles. The van der Waals surface area contributed by atoms with Gasteiger partial charge in [-0.15, -0.1) is 0 Å². The number of hydrogen-bond donors (Lipinski definition) is 1. The van der Waals surface area contributed by atoms with Gasteiger partial charge in [0.05, 0.1) is 6.04 Å². The first-order valence-corrected chi connectivity index (χ1v) is 9.31. The number of rotatable bonds is 3. The van der Waals surface area contributed by atoms with Crippen LogP contribution in [0.4, 0.5) is 0 Å². The van der Waals surface area contributed by atoms with Crippen LogP contribution in [-0.2, 0) is 4.79 Å². The van der Waals surface area contributed by atoms with Crippen LogP contribution in [0, 0.1) is 5.92 Å². The average molecular weight is 357 g/mol. The molecule has 8 nitrogen and oxygen atoms in total. The Morgan fingerprint density at radius 2 is 1.54 bits per heavy atom. The van der Waals surface area contributed by atoms with Gasteiger partial charge in [0.2, 0.25) is 5.91 Å². The minimum atomic E-state index is -0.487. The molecule has 3 aliphatic rings. The van der Waals surface area contributed by atoms with Gasteiger partial charge in [-0.1, -0.05) is 0 Å². The molecule has 1 aromatic rings. The second-order valence-corrected chi connectivity index (χ2v) is 7.36. The molecule has 2 fully saturated rings. The highest BCUT2D eigenvalue weighted by Gasteiger charge is 2.44. The molecule has 4 rings (SSSR count). The molecule has 3 amide bonds. The number of hydrogen-bond acceptors (Lipinski definition) is 6. The van der Waals surface area contributed by atoms with Gasteiger partial charge in [-0.3, -0.25) is 19.3 Å². The lowest BCUT2D eigenvalue weighted by Crippen LogP contribution is -2.49. The van der Waals surface area contributed by atoms with Crippen LogP contribution in [0.1, 0.15) is 59.5 Å². The number of amides is 3. The molecule has 0 radical (unpaired) electrons. The molecule has 1 aliphatic carbocycles. The molecule has 1 saturated carbocycles. The van der Waals surface area contributed by atoms with E-state index in [2.05, 4.69) is 9.97 Å². The molecule has 8 heteroatoms.